The van der Waals surface area contributed by atoms with E-state index in [0.29, 0.717) is 35.1 Å². The molecule has 2 aromatic carbocycles. The van der Waals surface area contributed by atoms with Gasteiger partial charge in [-0.25, -0.2) is 0 Å². The van der Waals surface area contributed by atoms with Crippen LogP contribution in [0.2, 0.25) is 0 Å². The molecule has 3 heteroatoms. The van der Waals surface area contributed by atoms with Crippen molar-refractivity contribution in [1.82, 2.24) is 0 Å². The third-order valence-corrected chi connectivity index (χ3v) is 3.37. The van der Waals surface area contributed by atoms with Crippen molar-refractivity contribution in [3.63, 3.8) is 0 Å². The molecule has 0 bridgehead atoms. The Balaban J connectivity index is 2.77. The first-order valence-electron chi connectivity index (χ1n) is 6.45. The predicted molar refractivity (Wildman–Crippen MR) is 75.6 cm³/mol. The summed E-state index contributed by atoms with van der Waals surface area (Å²) in [5.41, 5.74) is 2.43. The van der Waals surface area contributed by atoms with Crippen LogP contribution in [0.5, 0.6) is 17.2 Å². The van der Waals surface area contributed by atoms with E-state index >= 15 is 0 Å². The number of phenols is 3. The van der Waals surface area contributed by atoms with Crippen LogP contribution in [0.25, 0.3) is 11.1 Å². The number of aryl methyl sites for hydroxylation is 1. The summed E-state index contributed by atoms with van der Waals surface area (Å²) in [6, 6.07) is 8.38. The summed E-state index contributed by atoms with van der Waals surface area (Å²) in [5.74, 6) is 0.394. The second-order valence-corrected chi connectivity index (χ2v) is 4.48. The first-order valence-corrected chi connectivity index (χ1v) is 6.45. The van der Waals surface area contributed by atoms with Crippen LogP contribution in [0.1, 0.15) is 25.0 Å². The Bertz CT molecular complexity index is 603. The van der Waals surface area contributed by atoms with Gasteiger partial charge in [0.15, 0.2) is 0 Å². The van der Waals surface area contributed by atoms with Crippen molar-refractivity contribution in [2.24, 2.45) is 0 Å². The highest BCUT2D eigenvalue weighted by Gasteiger charge is 2.18. The minimum atomic E-state index is 0.0907. The zero-order valence-electron chi connectivity index (χ0n) is 11.1. The lowest BCUT2D eigenvalue weighted by Gasteiger charge is -2.16. The molecule has 0 fully saturated rings. The molecule has 100 valence electrons. The van der Waals surface area contributed by atoms with Gasteiger partial charge >= 0.3 is 0 Å². The van der Waals surface area contributed by atoms with Crippen molar-refractivity contribution in [2.45, 2.75) is 26.7 Å². The Kier molecular flexibility index (Phi) is 3.65. The van der Waals surface area contributed by atoms with Gasteiger partial charge in [-0.3, -0.25) is 0 Å². The van der Waals surface area contributed by atoms with E-state index in [2.05, 4.69) is 0 Å². The molecule has 0 amide bonds. The molecule has 0 aliphatic heterocycles. The van der Waals surface area contributed by atoms with Gasteiger partial charge in [0.05, 0.1) is 0 Å². The van der Waals surface area contributed by atoms with E-state index in [4.69, 9.17) is 0 Å². The maximum atomic E-state index is 10.3. The lowest BCUT2D eigenvalue weighted by atomic mass is 9.92. The summed E-state index contributed by atoms with van der Waals surface area (Å²) in [7, 11) is 0. The average Bonchev–Trinajstić information content (AvgIpc) is 2.41. The van der Waals surface area contributed by atoms with Gasteiger partial charge in [-0.15, -0.1) is 0 Å². The first kappa shape index (κ1) is 13.3. The highest BCUT2D eigenvalue weighted by atomic mass is 16.3. The van der Waals surface area contributed by atoms with E-state index in [1.807, 2.05) is 13.8 Å². The Morgan fingerprint density at radius 2 is 1.58 bits per heavy atom. The lowest BCUT2D eigenvalue weighted by Crippen LogP contribution is -1.94. The molecule has 3 nitrogen and oxygen atoms in total. The van der Waals surface area contributed by atoms with E-state index in [9.17, 15) is 15.3 Å². The van der Waals surface area contributed by atoms with Crippen LogP contribution in [0.3, 0.4) is 0 Å². The molecule has 0 spiro atoms. The van der Waals surface area contributed by atoms with Gasteiger partial charge in [-0.1, -0.05) is 32.0 Å². The summed E-state index contributed by atoms with van der Waals surface area (Å²) in [5, 5.41) is 30.4. The summed E-state index contributed by atoms with van der Waals surface area (Å²) < 4.78 is 0. The number of phenolic OH excluding ortho intramolecular Hbond substituents is 3. The van der Waals surface area contributed by atoms with Crippen molar-refractivity contribution in [2.75, 3.05) is 0 Å². The van der Waals surface area contributed by atoms with E-state index in [1.54, 1.807) is 30.3 Å². The largest absolute Gasteiger partial charge is 0.507 e. The van der Waals surface area contributed by atoms with Crippen LogP contribution in [-0.4, -0.2) is 15.3 Å². The molecule has 0 aliphatic rings. The number of rotatable bonds is 3. The van der Waals surface area contributed by atoms with Gasteiger partial charge in [0.2, 0.25) is 0 Å². The molecule has 0 heterocycles. The molecule has 0 unspecified atom stereocenters. The predicted octanol–water partition coefficient (Wildman–Crippen LogP) is 3.60. The fourth-order valence-electron chi connectivity index (χ4n) is 2.37. The Labute approximate surface area is 112 Å². The fourth-order valence-corrected chi connectivity index (χ4v) is 2.37. The Morgan fingerprint density at radius 3 is 2.16 bits per heavy atom. The monoisotopic (exact) mass is 258 g/mol. The zero-order valence-corrected chi connectivity index (χ0v) is 11.1. The molecular formula is C16H18O3. The average molecular weight is 258 g/mol. The molecule has 2 aromatic rings. The SMILES string of the molecule is CCc1cc(O)c(-c2ccccc2O)c(CC)c1O. The third-order valence-electron chi connectivity index (χ3n) is 3.37. The van der Waals surface area contributed by atoms with Crippen LogP contribution in [-0.2, 0) is 12.8 Å². The van der Waals surface area contributed by atoms with E-state index in [-0.39, 0.29) is 17.2 Å². The van der Waals surface area contributed by atoms with Gasteiger partial charge in [-0.2, -0.15) is 0 Å². The second kappa shape index (κ2) is 5.22. The fraction of sp³-hybridized carbons (Fsp3) is 0.250. The van der Waals surface area contributed by atoms with Crippen LogP contribution >= 0.6 is 0 Å². The van der Waals surface area contributed by atoms with Crippen LogP contribution < -0.4 is 0 Å². The van der Waals surface area contributed by atoms with Gasteiger partial charge in [0, 0.05) is 16.7 Å². The van der Waals surface area contributed by atoms with Crippen LogP contribution in [0.4, 0.5) is 0 Å². The maximum Gasteiger partial charge on any atom is 0.124 e. The molecule has 0 saturated heterocycles. The molecular weight excluding hydrogens is 240 g/mol. The van der Waals surface area contributed by atoms with Crippen LogP contribution in [0.15, 0.2) is 30.3 Å². The number of hydrogen-bond acceptors (Lipinski definition) is 3. The van der Waals surface area contributed by atoms with E-state index in [0.717, 1.165) is 0 Å². The Morgan fingerprint density at radius 1 is 0.895 bits per heavy atom. The molecule has 0 radical (unpaired) electrons. The number of hydrogen-bond donors (Lipinski definition) is 3. The molecule has 0 saturated carbocycles. The molecule has 0 aliphatic carbocycles. The third kappa shape index (κ3) is 2.24. The molecule has 0 aromatic heterocycles. The molecule has 0 atom stereocenters. The standard InChI is InChI=1S/C16H18O3/c1-3-10-9-14(18)15(11(4-2)16(10)19)12-7-5-6-8-13(12)17/h5-9,17-19H,3-4H2,1-2H3. The second-order valence-electron chi connectivity index (χ2n) is 4.48. The smallest absolute Gasteiger partial charge is 0.124 e. The minimum absolute atomic E-state index is 0.0907. The van der Waals surface area contributed by atoms with Gasteiger partial charge in [0.1, 0.15) is 17.2 Å². The Hall–Kier alpha value is -2.16. The molecule has 2 rings (SSSR count). The lowest BCUT2D eigenvalue weighted by molar-refractivity contribution is 0.449. The van der Waals surface area contributed by atoms with Crippen LogP contribution in [0, 0.1) is 0 Å². The summed E-state index contributed by atoms with van der Waals surface area (Å²) in [6.45, 7) is 3.84. The van der Waals surface area contributed by atoms with Gasteiger partial charge in [-0.05, 0) is 30.5 Å². The summed E-state index contributed by atoms with van der Waals surface area (Å²) >= 11 is 0. The molecule has 19 heavy (non-hydrogen) atoms. The van der Waals surface area contributed by atoms with Crippen molar-refractivity contribution in [3.8, 4) is 28.4 Å². The zero-order chi connectivity index (χ0) is 14.0. The van der Waals surface area contributed by atoms with Gasteiger partial charge in [0.25, 0.3) is 0 Å². The van der Waals surface area contributed by atoms with Gasteiger partial charge < -0.3 is 15.3 Å². The topological polar surface area (TPSA) is 60.7 Å². The van der Waals surface area contributed by atoms with E-state index in [1.165, 1.54) is 0 Å². The highest BCUT2D eigenvalue weighted by Crippen LogP contribution is 2.43. The van der Waals surface area contributed by atoms with Crippen molar-refractivity contribution in [1.29, 1.82) is 0 Å². The van der Waals surface area contributed by atoms with Crippen molar-refractivity contribution >= 4 is 0 Å². The minimum Gasteiger partial charge on any atom is -0.507 e. The van der Waals surface area contributed by atoms with Crippen molar-refractivity contribution in [3.05, 3.63) is 41.5 Å². The maximum absolute atomic E-state index is 10.3. The number of aromatic hydroxyl groups is 3. The summed E-state index contributed by atoms with van der Waals surface area (Å²) in [6.07, 6.45) is 1.23. The number of para-hydroxylation sites is 1. The quantitative estimate of drug-likeness (QED) is 0.737. The first-order chi connectivity index (χ1) is 9.10. The molecule has 3 N–H and O–H groups in total. The summed E-state index contributed by atoms with van der Waals surface area (Å²) in [4.78, 5) is 0. The van der Waals surface area contributed by atoms with Crippen molar-refractivity contribution < 1.29 is 15.3 Å². The highest BCUT2D eigenvalue weighted by molar-refractivity contribution is 5.81. The normalized spacial score (nSPS) is 10.6. The number of benzene rings is 2. The van der Waals surface area contributed by atoms with E-state index < -0.39 is 0 Å².